The van der Waals surface area contributed by atoms with E-state index >= 15 is 0 Å². The van der Waals surface area contributed by atoms with E-state index in [0.29, 0.717) is 51.4 Å². The van der Waals surface area contributed by atoms with Gasteiger partial charge in [0.2, 0.25) is 10.0 Å². The number of carbonyl (C=O) groups excluding carboxylic acids is 1. The Morgan fingerprint density at radius 2 is 1.96 bits per heavy atom. The van der Waals surface area contributed by atoms with Gasteiger partial charge in [0.1, 0.15) is 0 Å². The van der Waals surface area contributed by atoms with E-state index in [4.69, 9.17) is 4.74 Å². The molecule has 0 aliphatic carbocycles. The standard InChI is InChI=1S/C17H29N5O4S/c1-17(2,3)22-12-14(11-18-22)19-16(23)20-6-4-5-15(13-20)27(24,25)21-7-9-26-10-8-21/h11-12,15H,4-10,13H2,1-3H3,(H,19,23)/t15-/m0/s1. The normalized spacial score (nSPS) is 22.6. The first-order valence-electron chi connectivity index (χ1n) is 9.36. The first-order valence-corrected chi connectivity index (χ1v) is 10.9. The zero-order valence-corrected chi connectivity index (χ0v) is 17.0. The molecule has 0 unspecified atom stereocenters. The quantitative estimate of drug-likeness (QED) is 0.826. The SMILES string of the molecule is CC(C)(C)n1cc(NC(=O)N2CCC[C@H](S(=O)(=O)N3CCOCC3)C2)cn1. The number of rotatable bonds is 3. The van der Waals surface area contributed by atoms with Crippen LogP contribution in [0.1, 0.15) is 33.6 Å². The molecular weight excluding hydrogens is 370 g/mol. The molecule has 3 rings (SSSR count). The molecule has 0 radical (unpaired) electrons. The van der Waals surface area contributed by atoms with Crippen LogP contribution in [0.4, 0.5) is 10.5 Å². The number of hydrogen-bond donors (Lipinski definition) is 1. The van der Waals surface area contributed by atoms with E-state index in [0.717, 1.165) is 0 Å². The van der Waals surface area contributed by atoms with Gasteiger partial charge in [-0.25, -0.2) is 13.2 Å². The lowest BCUT2D eigenvalue weighted by atomic mass is 10.1. The Hall–Kier alpha value is -1.65. The van der Waals surface area contributed by atoms with Gasteiger partial charge in [0.05, 0.1) is 35.9 Å². The number of nitrogens with zero attached hydrogens (tertiary/aromatic N) is 4. The number of sulfonamides is 1. The van der Waals surface area contributed by atoms with Crippen molar-refractivity contribution in [2.45, 2.75) is 44.4 Å². The van der Waals surface area contributed by atoms with Gasteiger partial charge in [-0.1, -0.05) is 0 Å². The van der Waals surface area contributed by atoms with Gasteiger partial charge in [0.15, 0.2) is 0 Å². The minimum atomic E-state index is -3.42. The molecule has 2 saturated heterocycles. The summed E-state index contributed by atoms with van der Waals surface area (Å²) in [6, 6.07) is -0.287. The second-order valence-electron chi connectivity index (χ2n) is 8.04. The van der Waals surface area contributed by atoms with Crippen molar-refractivity contribution in [1.29, 1.82) is 0 Å². The lowest BCUT2D eigenvalue weighted by Crippen LogP contribution is -2.52. The molecule has 27 heavy (non-hydrogen) atoms. The molecule has 2 fully saturated rings. The molecule has 2 aliphatic heterocycles. The smallest absolute Gasteiger partial charge is 0.321 e. The summed E-state index contributed by atoms with van der Waals surface area (Å²) in [6.07, 6.45) is 4.63. The van der Waals surface area contributed by atoms with Crippen molar-refractivity contribution in [3.8, 4) is 0 Å². The molecule has 1 N–H and O–H groups in total. The topological polar surface area (TPSA) is 96.8 Å². The van der Waals surface area contributed by atoms with E-state index in [1.165, 1.54) is 4.31 Å². The highest BCUT2D eigenvalue weighted by molar-refractivity contribution is 7.89. The minimum absolute atomic E-state index is 0.175. The number of ether oxygens (including phenoxy) is 1. The first-order chi connectivity index (χ1) is 12.7. The average molecular weight is 400 g/mol. The predicted molar refractivity (Wildman–Crippen MR) is 102 cm³/mol. The minimum Gasteiger partial charge on any atom is -0.379 e. The van der Waals surface area contributed by atoms with Crippen molar-refractivity contribution in [2.24, 2.45) is 0 Å². The number of amides is 2. The Labute approximate surface area is 160 Å². The van der Waals surface area contributed by atoms with Crippen LogP contribution in [0.5, 0.6) is 0 Å². The monoisotopic (exact) mass is 399 g/mol. The highest BCUT2D eigenvalue weighted by Crippen LogP contribution is 2.22. The summed E-state index contributed by atoms with van der Waals surface area (Å²) >= 11 is 0. The van der Waals surface area contributed by atoms with Crippen LogP contribution >= 0.6 is 0 Å². The van der Waals surface area contributed by atoms with Gasteiger partial charge in [-0.05, 0) is 33.6 Å². The summed E-state index contributed by atoms with van der Waals surface area (Å²) in [5.74, 6) is 0. The maximum Gasteiger partial charge on any atom is 0.321 e. The van der Waals surface area contributed by atoms with E-state index in [1.807, 2.05) is 20.8 Å². The van der Waals surface area contributed by atoms with Crippen LogP contribution in [0.25, 0.3) is 0 Å². The van der Waals surface area contributed by atoms with Gasteiger partial charge in [0, 0.05) is 32.4 Å². The predicted octanol–water partition coefficient (Wildman–Crippen LogP) is 1.30. The van der Waals surface area contributed by atoms with Gasteiger partial charge in [-0.15, -0.1) is 0 Å². The third-order valence-corrected chi connectivity index (χ3v) is 7.25. The fourth-order valence-electron chi connectivity index (χ4n) is 3.33. The second kappa shape index (κ2) is 7.76. The summed E-state index contributed by atoms with van der Waals surface area (Å²) in [7, 11) is -3.42. The van der Waals surface area contributed by atoms with Crippen molar-refractivity contribution < 1.29 is 17.9 Å². The van der Waals surface area contributed by atoms with Crippen molar-refractivity contribution in [2.75, 3.05) is 44.7 Å². The molecule has 0 bridgehead atoms. The number of piperidine rings is 1. The summed E-state index contributed by atoms with van der Waals surface area (Å²) in [5.41, 5.74) is 0.430. The van der Waals surface area contributed by atoms with Crippen molar-refractivity contribution in [1.82, 2.24) is 19.0 Å². The maximum absolute atomic E-state index is 12.9. The van der Waals surface area contributed by atoms with E-state index in [9.17, 15) is 13.2 Å². The Kier molecular flexibility index (Phi) is 5.78. The van der Waals surface area contributed by atoms with Crippen molar-refractivity contribution in [3.63, 3.8) is 0 Å². The third kappa shape index (κ3) is 4.61. The average Bonchev–Trinajstić information content (AvgIpc) is 3.11. The van der Waals surface area contributed by atoms with Gasteiger partial charge in [0.25, 0.3) is 0 Å². The van der Waals surface area contributed by atoms with Gasteiger partial charge < -0.3 is 15.0 Å². The molecule has 9 nitrogen and oxygen atoms in total. The molecule has 1 atom stereocenters. The summed E-state index contributed by atoms with van der Waals surface area (Å²) < 4.78 is 34.3. The first kappa shape index (κ1) is 20.1. The number of likely N-dealkylation sites (tertiary alicyclic amines) is 1. The molecule has 152 valence electrons. The summed E-state index contributed by atoms with van der Waals surface area (Å²) in [4.78, 5) is 14.2. The number of nitrogens with one attached hydrogen (secondary N) is 1. The van der Waals surface area contributed by atoms with Gasteiger partial charge in [-0.2, -0.15) is 9.40 Å². The summed E-state index contributed by atoms with van der Waals surface area (Å²) in [6.45, 7) is 8.45. The van der Waals surface area contributed by atoms with Crippen LogP contribution < -0.4 is 5.32 Å². The van der Waals surface area contributed by atoms with E-state index in [-0.39, 0.29) is 18.1 Å². The van der Waals surface area contributed by atoms with Crippen LogP contribution in [0.15, 0.2) is 12.4 Å². The Bertz CT molecular complexity index is 765. The lowest BCUT2D eigenvalue weighted by molar-refractivity contribution is 0.0721. The van der Waals surface area contributed by atoms with E-state index < -0.39 is 15.3 Å². The maximum atomic E-state index is 12.9. The summed E-state index contributed by atoms with van der Waals surface area (Å²) in [5, 5.41) is 6.54. The van der Waals surface area contributed by atoms with Crippen LogP contribution in [0.3, 0.4) is 0 Å². The van der Waals surface area contributed by atoms with Crippen LogP contribution in [-0.2, 0) is 20.3 Å². The fourth-order valence-corrected chi connectivity index (χ4v) is 5.25. The van der Waals surface area contributed by atoms with Crippen molar-refractivity contribution in [3.05, 3.63) is 12.4 Å². The van der Waals surface area contributed by atoms with Gasteiger partial charge in [-0.3, -0.25) is 4.68 Å². The molecular formula is C17H29N5O4S. The molecule has 1 aromatic heterocycles. The zero-order chi connectivity index (χ0) is 19.7. The lowest BCUT2D eigenvalue weighted by Gasteiger charge is -2.36. The van der Waals surface area contributed by atoms with Crippen LogP contribution in [-0.4, -0.2) is 78.1 Å². The Morgan fingerprint density at radius 1 is 1.26 bits per heavy atom. The number of carbonyl (C=O) groups is 1. The second-order valence-corrected chi connectivity index (χ2v) is 10.3. The van der Waals surface area contributed by atoms with E-state index in [1.54, 1.807) is 22.0 Å². The molecule has 10 heteroatoms. The Morgan fingerprint density at radius 3 is 2.59 bits per heavy atom. The number of urea groups is 1. The largest absolute Gasteiger partial charge is 0.379 e. The zero-order valence-electron chi connectivity index (χ0n) is 16.2. The molecule has 0 spiro atoms. The van der Waals surface area contributed by atoms with Crippen LogP contribution in [0.2, 0.25) is 0 Å². The molecule has 2 amide bonds. The Balaban J connectivity index is 1.63. The number of hydrogen-bond acceptors (Lipinski definition) is 5. The number of morpholine rings is 1. The van der Waals surface area contributed by atoms with E-state index in [2.05, 4.69) is 10.4 Å². The molecule has 3 heterocycles. The fraction of sp³-hybridized carbons (Fsp3) is 0.765. The van der Waals surface area contributed by atoms with Crippen LogP contribution in [0, 0.1) is 0 Å². The highest BCUT2D eigenvalue weighted by atomic mass is 32.2. The molecule has 0 saturated carbocycles. The number of anilines is 1. The molecule has 0 aromatic carbocycles. The molecule has 2 aliphatic rings. The third-order valence-electron chi connectivity index (χ3n) is 4.94. The number of aromatic nitrogens is 2. The van der Waals surface area contributed by atoms with Crippen molar-refractivity contribution >= 4 is 21.7 Å². The highest BCUT2D eigenvalue weighted by Gasteiger charge is 2.37. The molecule has 1 aromatic rings. The van der Waals surface area contributed by atoms with Gasteiger partial charge >= 0.3 is 6.03 Å².